The van der Waals surface area contributed by atoms with E-state index in [4.69, 9.17) is 5.11 Å². The predicted molar refractivity (Wildman–Crippen MR) is 92.0 cm³/mol. The van der Waals surface area contributed by atoms with E-state index in [1.165, 1.54) is 0 Å². The average Bonchev–Trinajstić information content (AvgIpc) is 2.97. The van der Waals surface area contributed by atoms with Crippen molar-refractivity contribution in [2.24, 2.45) is 5.92 Å². The fraction of sp³-hybridized carbons (Fsp3) is 0.938. The summed E-state index contributed by atoms with van der Waals surface area (Å²) in [7, 11) is -3.20. The molecule has 136 valence electrons. The van der Waals surface area contributed by atoms with Crippen LogP contribution < -0.4 is 0 Å². The van der Waals surface area contributed by atoms with Gasteiger partial charge in [0.2, 0.25) is 10.0 Å². The van der Waals surface area contributed by atoms with E-state index in [2.05, 4.69) is 11.8 Å². The maximum atomic E-state index is 12.5. The van der Waals surface area contributed by atoms with Gasteiger partial charge in [0, 0.05) is 26.2 Å². The molecule has 1 aliphatic heterocycles. The molecule has 0 spiro atoms. The van der Waals surface area contributed by atoms with Gasteiger partial charge in [0.05, 0.1) is 11.7 Å². The summed E-state index contributed by atoms with van der Waals surface area (Å²) < 4.78 is 26.5. The van der Waals surface area contributed by atoms with Gasteiger partial charge in [0.1, 0.15) is 0 Å². The van der Waals surface area contributed by atoms with Crippen molar-refractivity contribution in [2.45, 2.75) is 52.4 Å². The summed E-state index contributed by atoms with van der Waals surface area (Å²) in [5.74, 6) is -0.827. The van der Waals surface area contributed by atoms with Crippen LogP contribution in [-0.2, 0) is 14.8 Å². The maximum absolute atomic E-state index is 12.5. The smallest absolute Gasteiger partial charge is 0.307 e. The SMILES string of the molecule is CCCCCCS(=O)(=O)N(CCC)CCN1CCC(C(=O)O)C1. The molecule has 0 aromatic carbocycles. The molecule has 0 saturated carbocycles. The third-order valence-electron chi connectivity index (χ3n) is 4.41. The minimum absolute atomic E-state index is 0.227. The topological polar surface area (TPSA) is 77.9 Å². The number of hydrogen-bond donors (Lipinski definition) is 1. The Labute approximate surface area is 140 Å². The van der Waals surface area contributed by atoms with Crippen LogP contribution >= 0.6 is 0 Å². The number of sulfonamides is 1. The van der Waals surface area contributed by atoms with Crippen LogP contribution in [0, 0.1) is 5.92 Å². The predicted octanol–water partition coefficient (Wildman–Crippen LogP) is 2.01. The first-order valence-corrected chi connectivity index (χ1v) is 10.4. The van der Waals surface area contributed by atoms with Crippen molar-refractivity contribution in [3.8, 4) is 0 Å². The van der Waals surface area contributed by atoms with Crippen molar-refractivity contribution in [1.29, 1.82) is 0 Å². The van der Waals surface area contributed by atoms with Gasteiger partial charge in [0.15, 0.2) is 0 Å². The van der Waals surface area contributed by atoms with Gasteiger partial charge in [-0.3, -0.25) is 4.79 Å². The highest BCUT2D eigenvalue weighted by Gasteiger charge is 2.29. The first kappa shape index (κ1) is 20.4. The Morgan fingerprint density at radius 3 is 2.48 bits per heavy atom. The molecule has 1 heterocycles. The Kier molecular flexibility index (Phi) is 9.09. The quantitative estimate of drug-likeness (QED) is 0.546. The second-order valence-electron chi connectivity index (χ2n) is 6.40. The van der Waals surface area contributed by atoms with E-state index in [0.717, 1.165) is 38.6 Å². The molecule has 1 rings (SSSR count). The van der Waals surface area contributed by atoms with Crippen molar-refractivity contribution in [2.75, 3.05) is 38.5 Å². The van der Waals surface area contributed by atoms with E-state index >= 15 is 0 Å². The van der Waals surface area contributed by atoms with Crippen molar-refractivity contribution in [3.63, 3.8) is 0 Å². The molecular weight excluding hydrogens is 316 g/mol. The van der Waals surface area contributed by atoms with Crippen LogP contribution in [0.1, 0.15) is 52.4 Å². The van der Waals surface area contributed by atoms with Gasteiger partial charge in [-0.25, -0.2) is 12.7 Å². The van der Waals surface area contributed by atoms with E-state index in [0.29, 0.717) is 32.6 Å². The lowest BCUT2D eigenvalue weighted by atomic mass is 10.1. The Morgan fingerprint density at radius 1 is 1.17 bits per heavy atom. The fourth-order valence-electron chi connectivity index (χ4n) is 2.97. The molecule has 0 aliphatic carbocycles. The maximum Gasteiger partial charge on any atom is 0.307 e. The summed E-state index contributed by atoms with van der Waals surface area (Å²) in [6.07, 6.45) is 5.31. The standard InChI is InChI=1S/C16H32N2O4S/c1-3-5-6-7-13-23(21,22)18(9-4-2)12-11-17-10-8-15(14-17)16(19)20/h15H,3-14H2,1-2H3,(H,19,20). The van der Waals surface area contributed by atoms with Crippen molar-refractivity contribution in [3.05, 3.63) is 0 Å². The monoisotopic (exact) mass is 348 g/mol. The van der Waals surface area contributed by atoms with Gasteiger partial charge in [-0.2, -0.15) is 0 Å². The van der Waals surface area contributed by atoms with Crippen LogP contribution in [0.2, 0.25) is 0 Å². The summed E-state index contributed by atoms with van der Waals surface area (Å²) in [6, 6.07) is 0. The Bertz CT molecular complexity index is 453. The van der Waals surface area contributed by atoms with Gasteiger partial charge in [-0.15, -0.1) is 0 Å². The summed E-state index contributed by atoms with van der Waals surface area (Å²) in [6.45, 7) is 7.01. The highest BCUT2D eigenvalue weighted by Crippen LogP contribution is 2.16. The highest BCUT2D eigenvalue weighted by atomic mass is 32.2. The fourth-order valence-corrected chi connectivity index (χ4v) is 4.62. The van der Waals surface area contributed by atoms with Crippen molar-refractivity contribution in [1.82, 2.24) is 9.21 Å². The molecule has 0 amide bonds. The van der Waals surface area contributed by atoms with Crippen LogP contribution in [0.3, 0.4) is 0 Å². The number of nitrogens with zero attached hydrogens (tertiary/aromatic N) is 2. The summed E-state index contributed by atoms with van der Waals surface area (Å²) in [5.41, 5.74) is 0. The van der Waals surface area contributed by atoms with Crippen molar-refractivity contribution < 1.29 is 18.3 Å². The number of likely N-dealkylation sites (tertiary alicyclic amines) is 1. The second-order valence-corrected chi connectivity index (χ2v) is 8.49. The number of hydrogen-bond acceptors (Lipinski definition) is 4. The molecule has 0 aromatic heterocycles. The van der Waals surface area contributed by atoms with Gasteiger partial charge in [0.25, 0.3) is 0 Å². The lowest BCUT2D eigenvalue weighted by molar-refractivity contribution is -0.141. The zero-order valence-electron chi connectivity index (χ0n) is 14.5. The van der Waals surface area contributed by atoms with E-state index in [1.54, 1.807) is 4.31 Å². The Morgan fingerprint density at radius 2 is 1.91 bits per heavy atom. The van der Waals surface area contributed by atoms with Crippen molar-refractivity contribution >= 4 is 16.0 Å². The zero-order chi connectivity index (χ0) is 17.3. The number of carboxylic acids is 1. The molecular formula is C16H32N2O4S. The minimum atomic E-state index is -3.20. The van der Waals surface area contributed by atoms with E-state index in [-0.39, 0.29) is 11.7 Å². The van der Waals surface area contributed by atoms with Gasteiger partial charge in [-0.1, -0.05) is 33.1 Å². The molecule has 0 bridgehead atoms. The molecule has 1 fully saturated rings. The largest absolute Gasteiger partial charge is 0.481 e. The Hall–Kier alpha value is -0.660. The molecule has 0 aromatic rings. The Balaban J connectivity index is 2.46. The third-order valence-corrected chi connectivity index (χ3v) is 6.37. The first-order valence-electron chi connectivity index (χ1n) is 8.83. The first-order chi connectivity index (χ1) is 10.9. The number of carbonyl (C=O) groups is 1. The van der Waals surface area contributed by atoms with Crippen LogP contribution in [0.5, 0.6) is 0 Å². The average molecular weight is 349 g/mol. The molecule has 1 saturated heterocycles. The summed E-state index contributed by atoms with van der Waals surface area (Å²) in [5, 5.41) is 9.03. The van der Waals surface area contributed by atoms with Crippen LogP contribution in [0.25, 0.3) is 0 Å². The van der Waals surface area contributed by atoms with E-state index in [1.807, 2.05) is 6.92 Å². The zero-order valence-corrected chi connectivity index (χ0v) is 15.4. The molecule has 7 heteroatoms. The molecule has 0 radical (unpaired) electrons. The molecule has 1 unspecified atom stereocenters. The molecule has 6 nitrogen and oxygen atoms in total. The second kappa shape index (κ2) is 10.3. The third kappa shape index (κ3) is 7.18. The number of carboxylic acid groups (broad SMARTS) is 1. The van der Waals surface area contributed by atoms with E-state index < -0.39 is 16.0 Å². The van der Waals surface area contributed by atoms with Crippen LogP contribution in [-0.4, -0.2) is 67.2 Å². The number of rotatable bonds is 12. The normalized spacial score (nSPS) is 19.5. The minimum Gasteiger partial charge on any atom is -0.481 e. The lowest BCUT2D eigenvalue weighted by Gasteiger charge is -2.24. The van der Waals surface area contributed by atoms with Gasteiger partial charge in [-0.05, 0) is 25.8 Å². The molecule has 1 aliphatic rings. The molecule has 1 N–H and O–H groups in total. The summed E-state index contributed by atoms with van der Waals surface area (Å²) >= 11 is 0. The van der Waals surface area contributed by atoms with Gasteiger partial charge < -0.3 is 10.0 Å². The molecule has 23 heavy (non-hydrogen) atoms. The number of unbranched alkanes of at least 4 members (excludes halogenated alkanes) is 3. The summed E-state index contributed by atoms with van der Waals surface area (Å²) in [4.78, 5) is 13.0. The van der Waals surface area contributed by atoms with Crippen LogP contribution in [0.15, 0.2) is 0 Å². The van der Waals surface area contributed by atoms with Gasteiger partial charge >= 0.3 is 5.97 Å². The highest BCUT2D eigenvalue weighted by molar-refractivity contribution is 7.89. The lowest BCUT2D eigenvalue weighted by Crippen LogP contribution is -2.39. The van der Waals surface area contributed by atoms with E-state index in [9.17, 15) is 13.2 Å². The number of aliphatic carboxylic acids is 1. The van der Waals surface area contributed by atoms with Crippen LogP contribution in [0.4, 0.5) is 0 Å². The molecule has 1 atom stereocenters.